The van der Waals surface area contributed by atoms with Gasteiger partial charge >= 0.3 is 0 Å². The zero-order valence-electron chi connectivity index (χ0n) is 9.29. The number of carbonyl (C=O) groups excluding carboxylic acids is 1. The van der Waals surface area contributed by atoms with Gasteiger partial charge in [0.05, 0.1) is 0 Å². The molecular formula is C11H17N3O. The highest BCUT2D eigenvalue weighted by atomic mass is 16.1. The number of nitrogens with zero attached hydrogens (tertiary/aromatic N) is 2. The summed E-state index contributed by atoms with van der Waals surface area (Å²) < 4.78 is 0. The lowest BCUT2D eigenvalue weighted by atomic mass is 10.2. The molecule has 0 saturated heterocycles. The van der Waals surface area contributed by atoms with Crippen molar-refractivity contribution in [2.45, 2.75) is 33.1 Å². The molecule has 1 aromatic heterocycles. The molecule has 1 rings (SSSR count). The fraction of sp³-hybridized carbons (Fsp3) is 0.545. The number of aromatic nitrogens is 2. The maximum absolute atomic E-state index is 10.7. The van der Waals surface area contributed by atoms with Crippen LogP contribution in [-0.4, -0.2) is 22.3 Å². The number of hydrogen-bond acceptors (Lipinski definition) is 4. The molecule has 4 heteroatoms. The van der Waals surface area contributed by atoms with Gasteiger partial charge in [-0.25, -0.2) is 9.97 Å². The largest absolute Gasteiger partial charge is 0.354 e. The van der Waals surface area contributed by atoms with Crippen LogP contribution >= 0.6 is 0 Å². The fourth-order valence-electron chi connectivity index (χ4n) is 1.21. The van der Waals surface area contributed by atoms with Crippen LogP contribution in [0, 0.1) is 0 Å². The molecule has 0 bridgehead atoms. The number of anilines is 1. The molecule has 1 aromatic rings. The minimum Gasteiger partial charge on any atom is -0.354 e. The molecule has 0 aliphatic carbocycles. The van der Waals surface area contributed by atoms with Gasteiger partial charge in [0.15, 0.2) is 0 Å². The Labute approximate surface area is 90.1 Å². The van der Waals surface area contributed by atoms with E-state index in [2.05, 4.69) is 22.2 Å². The normalized spacial score (nSPS) is 10.0. The number of nitrogens with one attached hydrogen (secondary N) is 1. The van der Waals surface area contributed by atoms with Gasteiger partial charge in [-0.05, 0) is 18.9 Å². The number of Topliss-reactive ketones (excluding diaryl/α,β-unsaturated/α-hetero) is 1. The third-order valence-corrected chi connectivity index (χ3v) is 2.00. The van der Waals surface area contributed by atoms with E-state index in [1.165, 1.54) is 0 Å². The molecule has 4 nitrogen and oxygen atoms in total. The maximum Gasteiger partial charge on any atom is 0.222 e. The molecule has 1 N–H and O–H groups in total. The van der Waals surface area contributed by atoms with Crippen LogP contribution in [0.2, 0.25) is 0 Å². The van der Waals surface area contributed by atoms with E-state index >= 15 is 0 Å². The Balaban J connectivity index is 2.39. The highest BCUT2D eigenvalue weighted by Crippen LogP contribution is 2.02. The number of rotatable bonds is 6. The first-order valence-corrected chi connectivity index (χ1v) is 5.26. The smallest absolute Gasteiger partial charge is 0.222 e. The molecule has 0 aliphatic heterocycles. The van der Waals surface area contributed by atoms with E-state index < -0.39 is 0 Å². The Morgan fingerprint density at radius 1 is 1.40 bits per heavy atom. The van der Waals surface area contributed by atoms with E-state index in [1.807, 2.05) is 12.4 Å². The summed E-state index contributed by atoms with van der Waals surface area (Å²) in [6.07, 6.45) is 6.27. The van der Waals surface area contributed by atoms with Crippen LogP contribution in [-0.2, 0) is 11.2 Å². The predicted molar refractivity (Wildman–Crippen MR) is 59.8 cm³/mol. The van der Waals surface area contributed by atoms with Gasteiger partial charge in [-0.1, -0.05) is 13.3 Å². The van der Waals surface area contributed by atoms with Crippen LogP contribution in [0.4, 0.5) is 5.95 Å². The van der Waals surface area contributed by atoms with Crippen molar-refractivity contribution in [3.63, 3.8) is 0 Å². The zero-order valence-corrected chi connectivity index (χ0v) is 9.29. The van der Waals surface area contributed by atoms with Crippen molar-refractivity contribution in [2.24, 2.45) is 0 Å². The summed E-state index contributed by atoms with van der Waals surface area (Å²) in [6.45, 7) is 4.30. The number of carbonyl (C=O) groups is 1. The second-order valence-electron chi connectivity index (χ2n) is 3.54. The highest BCUT2D eigenvalue weighted by Gasteiger charge is 1.97. The zero-order chi connectivity index (χ0) is 11.1. The molecular weight excluding hydrogens is 190 g/mol. The lowest BCUT2D eigenvalue weighted by molar-refractivity contribution is -0.116. The molecule has 15 heavy (non-hydrogen) atoms. The summed E-state index contributed by atoms with van der Waals surface area (Å²) in [6, 6.07) is 0. The van der Waals surface area contributed by atoms with Crippen molar-refractivity contribution >= 4 is 11.7 Å². The first-order valence-electron chi connectivity index (χ1n) is 5.26. The van der Waals surface area contributed by atoms with Crippen LogP contribution in [0.3, 0.4) is 0 Å². The third kappa shape index (κ3) is 4.54. The first kappa shape index (κ1) is 11.6. The van der Waals surface area contributed by atoms with Gasteiger partial charge in [-0.3, -0.25) is 4.79 Å². The molecule has 82 valence electrons. The Morgan fingerprint density at radius 2 is 2.07 bits per heavy atom. The summed E-state index contributed by atoms with van der Waals surface area (Å²) >= 11 is 0. The lowest BCUT2D eigenvalue weighted by Crippen LogP contribution is -2.08. The fourth-order valence-corrected chi connectivity index (χ4v) is 1.21. The highest BCUT2D eigenvalue weighted by molar-refractivity contribution is 5.75. The van der Waals surface area contributed by atoms with Crippen molar-refractivity contribution < 1.29 is 4.79 Å². The van der Waals surface area contributed by atoms with E-state index in [0.29, 0.717) is 18.9 Å². The van der Waals surface area contributed by atoms with Gasteiger partial charge < -0.3 is 5.32 Å². The molecule has 1 heterocycles. The number of hydrogen-bond donors (Lipinski definition) is 1. The van der Waals surface area contributed by atoms with Gasteiger partial charge in [-0.15, -0.1) is 0 Å². The molecule has 0 aliphatic rings. The maximum atomic E-state index is 10.7. The number of aryl methyl sites for hydroxylation is 1. The van der Waals surface area contributed by atoms with Gasteiger partial charge in [0.25, 0.3) is 0 Å². The molecule has 0 amide bonds. The minimum atomic E-state index is 0.171. The van der Waals surface area contributed by atoms with Crippen LogP contribution < -0.4 is 5.32 Å². The predicted octanol–water partition coefficient (Wildman–Crippen LogP) is 1.82. The van der Waals surface area contributed by atoms with Gasteiger partial charge in [0, 0.05) is 25.4 Å². The average Bonchev–Trinajstić information content (AvgIpc) is 2.20. The minimum absolute atomic E-state index is 0.171. The molecule has 0 saturated carbocycles. The molecule has 0 unspecified atom stereocenters. The summed E-state index contributed by atoms with van der Waals surface area (Å²) in [4.78, 5) is 19.0. The lowest BCUT2D eigenvalue weighted by Gasteiger charge is -2.03. The van der Waals surface area contributed by atoms with Crippen LogP contribution in [0.15, 0.2) is 12.4 Å². The van der Waals surface area contributed by atoms with Crippen LogP contribution in [0.5, 0.6) is 0 Å². The third-order valence-electron chi connectivity index (χ3n) is 2.00. The second kappa shape index (κ2) is 6.11. The van der Waals surface area contributed by atoms with Crippen molar-refractivity contribution in [3.8, 4) is 0 Å². The Bertz CT molecular complexity index is 308. The molecule has 0 spiro atoms. The van der Waals surface area contributed by atoms with Gasteiger partial charge in [0.2, 0.25) is 5.95 Å². The quantitative estimate of drug-likeness (QED) is 0.773. The Morgan fingerprint density at radius 3 is 2.60 bits per heavy atom. The Kier molecular flexibility index (Phi) is 4.74. The van der Waals surface area contributed by atoms with E-state index in [-0.39, 0.29) is 5.78 Å². The van der Waals surface area contributed by atoms with E-state index in [4.69, 9.17) is 0 Å². The van der Waals surface area contributed by atoms with Crippen LogP contribution in [0.25, 0.3) is 0 Å². The summed E-state index contributed by atoms with van der Waals surface area (Å²) in [5.41, 5.74) is 1.15. The monoisotopic (exact) mass is 207 g/mol. The summed E-state index contributed by atoms with van der Waals surface area (Å²) in [5, 5.41) is 3.00. The SMILES string of the molecule is CCCc1cnc(NCCC(C)=O)nc1. The molecule has 0 radical (unpaired) electrons. The number of ketones is 1. The molecule has 0 fully saturated rings. The standard InChI is InChI=1S/C11H17N3O/c1-3-4-10-7-13-11(14-8-10)12-6-5-9(2)15/h7-8H,3-6H2,1-2H3,(H,12,13,14). The van der Waals surface area contributed by atoms with Crippen molar-refractivity contribution in [1.29, 1.82) is 0 Å². The summed E-state index contributed by atoms with van der Waals surface area (Å²) in [7, 11) is 0. The van der Waals surface area contributed by atoms with Crippen LogP contribution in [0.1, 0.15) is 32.3 Å². The average molecular weight is 207 g/mol. The van der Waals surface area contributed by atoms with Crippen molar-refractivity contribution in [3.05, 3.63) is 18.0 Å². The topological polar surface area (TPSA) is 54.9 Å². The Hall–Kier alpha value is -1.45. The van der Waals surface area contributed by atoms with E-state index in [1.54, 1.807) is 6.92 Å². The van der Waals surface area contributed by atoms with Gasteiger partial charge in [-0.2, -0.15) is 0 Å². The molecule has 0 atom stereocenters. The van der Waals surface area contributed by atoms with Gasteiger partial charge in [0.1, 0.15) is 5.78 Å². The van der Waals surface area contributed by atoms with Crippen molar-refractivity contribution in [1.82, 2.24) is 9.97 Å². The molecule has 0 aromatic carbocycles. The van der Waals surface area contributed by atoms with E-state index in [9.17, 15) is 4.79 Å². The van der Waals surface area contributed by atoms with E-state index in [0.717, 1.165) is 18.4 Å². The summed E-state index contributed by atoms with van der Waals surface area (Å²) in [5.74, 6) is 0.765. The second-order valence-corrected chi connectivity index (χ2v) is 3.54. The first-order chi connectivity index (χ1) is 7.22. The van der Waals surface area contributed by atoms with Crippen molar-refractivity contribution in [2.75, 3.05) is 11.9 Å².